The molecule has 1 N–H and O–H groups in total. The zero-order valence-corrected chi connectivity index (χ0v) is 11.1. The first-order valence-electron chi connectivity index (χ1n) is 6.27. The number of hydrogen-bond acceptors (Lipinski definition) is 3. The zero-order chi connectivity index (χ0) is 13.1. The first-order chi connectivity index (χ1) is 8.65. The molecule has 0 bridgehead atoms. The molecule has 96 valence electrons. The van der Waals surface area contributed by atoms with E-state index >= 15 is 0 Å². The Labute approximate surface area is 107 Å². The van der Waals surface area contributed by atoms with E-state index in [1.165, 1.54) is 0 Å². The quantitative estimate of drug-likeness (QED) is 0.899. The second-order valence-corrected chi connectivity index (χ2v) is 4.52. The molecular formula is C14H19N3O. The van der Waals surface area contributed by atoms with Crippen molar-refractivity contribution in [2.45, 2.75) is 40.2 Å². The molecule has 18 heavy (non-hydrogen) atoms. The molecule has 2 aromatic rings. The third kappa shape index (κ3) is 2.43. The van der Waals surface area contributed by atoms with E-state index in [0.29, 0.717) is 0 Å². The first kappa shape index (κ1) is 12.8. The Bertz CT molecular complexity index is 546. The summed E-state index contributed by atoms with van der Waals surface area (Å²) in [5.41, 5.74) is 4.00. The molecule has 2 aromatic heterocycles. The summed E-state index contributed by atoms with van der Waals surface area (Å²) in [5.74, 6) is 0.836. The predicted octanol–water partition coefficient (Wildman–Crippen LogP) is 2.33. The molecule has 2 heterocycles. The van der Waals surface area contributed by atoms with Gasteiger partial charge < -0.3 is 5.11 Å². The maximum Gasteiger partial charge on any atom is 0.138 e. The number of aromatic nitrogens is 3. The van der Waals surface area contributed by atoms with Crippen LogP contribution in [0.15, 0.2) is 18.5 Å². The molecule has 0 amide bonds. The van der Waals surface area contributed by atoms with Gasteiger partial charge in [-0.2, -0.15) is 0 Å². The van der Waals surface area contributed by atoms with Gasteiger partial charge in [-0.15, -0.1) is 0 Å². The smallest absolute Gasteiger partial charge is 0.138 e. The summed E-state index contributed by atoms with van der Waals surface area (Å²) in [6.07, 6.45) is 3.75. The fraction of sp³-hybridized carbons (Fsp3) is 0.429. The Balaban J connectivity index is 2.49. The van der Waals surface area contributed by atoms with E-state index in [1.807, 2.05) is 30.5 Å². The molecule has 4 nitrogen and oxygen atoms in total. The largest absolute Gasteiger partial charge is 0.392 e. The van der Waals surface area contributed by atoms with Gasteiger partial charge in [0, 0.05) is 11.4 Å². The Kier molecular flexibility index (Phi) is 3.77. The third-order valence-corrected chi connectivity index (χ3v) is 3.11. The van der Waals surface area contributed by atoms with Gasteiger partial charge in [-0.3, -0.25) is 4.57 Å². The van der Waals surface area contributed by atoms with Crippen LogP contribution in [0.5, 0.6) is 0 Å². The summed E-state index contributed by atoms with van der Waals surface area (Å²) >= 11 is 0. The lowest BCUT2D eigenvalue weighted by Crippen LogP contribution is -2.03. The number of aryl methyl sites for hydroxylation is 2. The maximum atomic E-state index is 9.32. The molecule has 0 unspecified atom stereocenters. The normalized spacial score (nSPS) is 10.9. The number of aliphatic hydroxyl groups excluding tert-OH is 1. The summed E-state index contributed by atoms with van der Waals surface area (Å²) < 4.78 is 1.97. The molecule has 0 atom stereocenters. The number of pyridine rings is 1. The van der Waals surface area contributed by atoms with Gasteiger partial charge in [0.1, 0.15) is 12.1 Å². The molecule has 0 aliphatic heterocycles. The second kappa shape index (κ2) is 5.31. The summed E-state index contributed by atoms with van der Waals surface area (Å²) in [6, 6.07) is 3.87. The van der Waals surface area contributed by atoms with E-state index in [4.69, 9.17) is 0 Å². The van der Waals surface area contributed by atoms with Gasteiger partial charge in [0.25, 0.3) is 0 Å². The summed E-state index contributed by atoms with van der Waals surface area (Å²) in [4.78, 5) is 8.91. The van der Waals surface area contributed by atoms with Gasteiger partial charge in [-0.25, -0.2) is 9.97 Å². The van der Waals surface area contributed by atoms with Crippen LogP contribution < -0.4 is 0 Å². The Morgan fingerprint density at radius 2 is 2.06 bits per heavy atom. The Hall–Kier alpha value is -1.68. The number of aliphatic hydroxyl groups is 1. The van der Waals surface area contributed by atoms with Gasteiger partial charge in [-0.1, -0.05) is 13.3 Å². The number of rotatable bonds is 4. The van der Waals surface area contributed by atoms with Crippen LogP contribution in [0, 0.1) is 13.8 Å². The molecule has 0 spiro atoms. The van der Waals surface area contributed by atoms with Gasteiger partial charge in [-0.05, 0) is 38.0 Å². The highest BCUT2D eigenvalue weighted by atomic mass is 16.3. The van der Waals surface area contributed by atoms with E-state index < -0.39 is 0 Å². The van der Waals surface area contributed by atoms with Gasteiger partial charge >= 0.3 is 0 Å². The van der Waals surface area contributed by atoms with Crippen LogP contribution in [0.1, 0.15) is 36.0 Å². The molecule has 4 heteroatoms. The van der Waals surface area contributed by atoms with Crippen molar-refractivity contribution in [1.29, 1.82) is 0 Å². The van der Waals surface area contributed by atoms with Crippen molar-refractivity contribution in [2.24, 2.45) is 0 Å². The van der Waals surface area contributed by atoms with Crippen LogP contribution in [0.2, 0.25) is 0 Å². The zero-order valence-electron chi connectivity index (χ0n) is 11.1. The number of hydrogen-bond donors (Lipinski definition) is 1. The molecule has 0 saturated heterocycles. The lowest BCUT2D eigenvalue weighted by Gasteiger charge is -2.09. The van der Waals surface area contributed by atoms with Gasteiger partial charge in [0.05, 0.1) is 12.3 Å². The van der Waals surface area contributed by atoms with Crippen LogP contribution in [0.4, 0.5) is 0 Å². The molecule has 0 radical (unpaired) electrons. The van der Waals surface area contributed by atoms with Crippen LogP contribution in [0.25, 0.3) is 5.82 Å². The van der Waals surface area contributed by atoms with E-state index in [2.05, 4.69) is 16.9 Å². The van der Waals surface area contributed by atoms with Crippen LogP contribution in [0.3, 0.4) is 0 Å². The van der Waals surface area contributed by atoms with Crippen molar-refractivity contribution >= 4 is 0 Å². The highest BCUT2D eigenvalue weighted by molar-refractivity contribution is 5.33. The average molecular weight is 245 g/mol. The fourth-order valence-electron chi connectivity index (χ4n) is 1.96. The molecule has 2 rings (SSSR count). The van der Waals surface area contributed by atoms with Crippen molar-refractivity contribution in [3.8, 4) is 5.82 Å². The summed E-state index contributed by atoms with van der Waals surface area (Å²) in [5, 5.41) is 9.32. The van der Waals surface area contributed by atoms with E-state index in [-0.39, 0.29) is 6.61 Å². The molecule has 0 aliphatic rings. The molecule has 0 aromatic carbocycles. The van der Waals surface area contributed by atoms with E-state index in [9.17, 15) is 5.11 Å². The van der Waals surface area contributed by atoms with Crippen LogP contribution in [-0.4, -0.2) is 19.6 Å². The Morgan fingerprint density at radius 1 is 1.28 bits per heavy atom. The monoisotopic (exact) mass is 245 g/mol. The summed E-state index contributed by atoms with van der Waals surface area (Å²) in [7, 11) is 0. The lowest BCUT2D eigenvalue weighted by atomic mass is 10.1. The lowest BCUT2D eigenvalue weighted by molar-refractivity contribution is 0.281. The third-order valence-electron chi connectivity index (χ3n) is 3.11. The van der Waals surface area contributed by atoms with Gasteiger partial charge in [0.15, 0.2) is 0 Å². The molecular weight excluding hydrogens is 226 g/mol. The topological polar surface area (TPSA) is 50.9 Å². The fourth-order valence-corrected chi connectivity index (χ4v) is 1.96. The van der Waals surface area contributed by atoms with E-state index in [0.717, 1.165) is 41.3 Å². The van der Waals surface area contributed by atoms with Crippen molar-refractivity contribution in [3.63, 3.8) is 0 Å². The average Bonchev–Trinajstić information content (AvgIpc) is 2.70. The highest BCUT2D eigenvalue weighted by Gasteiger charge is 2.08. The standard InChI is InChI=1S/C14H19N3O/c1-4-5-13-6-12(8-18)7-14(16-13)17-9-15-10(2)11(17)3/h6-7,9,18H,4-5,8H2,1-3H3. The predicted molar refractivity (Wildman–Crippen MR) is 70.8 cm³/mol. The first-order valence-corrected chi connectivity index (χ1v) is 6.27. The minimum absolute atomic E-state index is 0.0406. The molecule has 0 saturated carbocycles. The summed E-state index contributed by atoms with van der Waals surface area (Å²) in [6.45, 7) is 6.17. The second-order valence-electron chi connectivity index (χ2n) is 4.52. The number of nitrogens with zero attached hydrogens (tertiary/aromatic N) is 3. The van der Waals surface area contributed by atoms with Crippen LogP contribution >= 0.6 is 0 Å². The van der Waals surface area contributed by atoms with Crippen molar-refractivity contribution in [2.75, 3.05) is 0 Å². The van der Waals surface area contributed by atoms with Crippen molar-refractivity contribution in [1.82, 2.24) is 14.5 Å². The Morgan fingerprint density at radius 3 is 2.61 bits per heavy atom. The van der Waals surface area contributed by atoms with Crippen LogP contribution in [-0.2, 0) is 13.0 Å². The minimum Gasteiger partial charge on any atom is -0.392 e. The number of imidazole rings is 1. The van der Waals surface area contributed by atoms with Gasteiger partial charge in [0.2, 0.25) is 0 Å². The highest BCUT2D eigenvalue weighted by Crippen LogP contribution is 2.15. The van der Waals surface area contributed by atoms with Crippen molar-refractivity contribution < 1.29 is 5.11 Å². The maximum absolute atomic E-state index is 9.32. The molecule has 0 aliphatic carbocycles. The van der Waals surface area contributed by atoms with Crippen molar-refractivity contribution in [3.05, 3.63) is 41.1 Å². The van der Waals surface area contributed by atoms with E-state index in [1.54, 1.807) is 6.33 Å². The molecule has 0 fully saturated rings. The SMILES string of the molecule is CCCc1cc(CO)cc(-n2cnc(C)c2C)n1. The minimum atomic E-state index is 0.0406.